The molecule has 3 heterocycles. The van der Waals surface area contributed by atoms with Crippen LogP contribution in [-0.4, -0.2) is 50.7 Å². The van der Waals surface area contributed by atoms with Crippen molar-refractivity contribution in [2.75, 3.05) is 20.3 Å². The lowest BCUT2D eigenvalue weighted by atomic mass is 9.76. The second-order valence-corrected chi connectivity index (χ2v) is 9.49. The zero-order valence-corrected chi connectivity index (χ0v) is 22.5. The van der Waals surface area contributed by atoms with E-state index in [1.165, 1.54) is 25.8 Å². The van der Waals surface area contributed by atoms with Crippen molar-refractivity contribution in [2.45, 2.75) is 33.2 Å². The highest BCUT2D eigenvalue weighted by atomic mass is 35.5. The van der Waals surface area contributed by atoms with E-state index in [1.807, 2.05) is 20.8 Å². The van der Waals surface area contributed by atoms with E-state index in [4.69, 9.17) is 21.1 Å². The SMILES string of the molecule is COC(=O)C1C(COCCn2c(C)nc(C)c2C)=Nc2c(c(=O)n(C)c(=O)n2C)C1c1ccccc1Cl. The number of fused-ring (bicyclic) bond motifs is 1. The first-order valence-electron chi connectivity index (χ1n) is 11.9. The first kappa shape index (κ1) is 26.6. The molecule has 0 amide bonds. The molecule has 1 aliphatic heterocycles. The number of nitrogens with zero attached hydrogens (tertiary/aromatic N) is 5. The highest BCUT2D eigenvalue weighted by molar-refractivity contribution is 6.31. The number of benzene rings is 1. The summed E-state index contributed by atoms with van der Waals surface area (Å²) in [6.45, 7) is 6.79. The fourth-order valence-corrected chi connectivity index (χ4v) is 5.15. The predicted octanol–water partition coefficient (Wildman–Crippen LogP) is 2.58. The second-order valence-electron chi connectivity index (χ2n) is 9.08. The molecule has 0 bridgehead atoms. The van der Waals surface area contributed by atoms with Crippen LogP contribution in [0.4, 0.5) is 5.82 Å². The van der Waals surface area contributed by atoms with E-state index in [0.717, 1.165) is 21.8 Å². The minimum atomic E-state index is -0.971. The number of esters is 1. The van der Waals surface area contributed by atoms with Gasteiger partial charge in [-0.1, -0.05) is 29.8 Å². The van der Waals surface area contributed by atoms with E-state index >= 15 is 0 Å². The van der Waals surface area contributed by atoms with Gasteiger partial charge in [-0.25, -0.2) is 14.8 Å². The zero-order valence-electron chi connectivity index (χ0n) is 21.7. The molecule has 3 aromatic rings. The first-order chi connectivity index (χ1) is 17.6. The van der Waals surface area contributed by atoms with Crippen molar-refractivity contribution in [1.29, 1.82) is 0 Å². The lowest BCUT2D eigenvalue weighted by molar-refractivity contribution is -0.143. The summed E-state index contributed by atoms with van der Waals surface area (Å²) in [6, 6.07) is 6.99. The molecule has 2 atom stereocenters. The number of aryl methyl sites for hydroxylation is 2. The zero-order chi connectivity index (χ0) is 27.0. The number of rotatable bonds is 7. The van der Waals surface area contributed by atoms with Crippen molar-refractivity contribution >= 4 is 29.1 Å². The van der Waals surface area contributed by atoms with E-state index in [1.54, 1.807) is 24.3 Å². The van der Waals surface area contributed by atoms with Crippen LogP contribution in [0.25, 0.3) is 0 Å². The summed E-state index contributed by atoms with van der Waals surface area (Å²) in [5, 5.41) is 0.381. The Morgan fingerprint density at radius 1 is 1.11 bits per heavy atom. The van der Waals surface area contributed by atoms with Crippen LogP contribution in [0.2, 0.25) is 5.02 Å². The number of halogens is 1. The first-order valence-corrected chi connectivity index (χ1v) is 12.2. The highest BCUT2D eigenvalue weighted by Crippen LogP contribution is 2.42. The largest absolute Gasteiger partial charge is 0.468 e. The molecular weight excluding hydrogens is 498 g/mol. The molecule has 11 heteroatoms. The Labute approximate surface area is 219 Å². The molecule has 0 N–H and O–H groups in total. The van der Waals surface area contributed by atoms with Crippen LogP contribution in [0.1, 0.15) is 34.3 Å². The normalized spacial score (nSPS) is 16.9. The van der Waals surface area contributed by atoms with E-state index in [0.29, 0.717) is 29.4 Å². The number of aliphatic imine (C=N–C) groups is 1. The van der Waals surface area contributed by atoms with Crippen LogP contribution in [0, 0.1) is 26.7 Å². The van der Waals surface area contributed by atoms with Crippen molar-refractivity contribution in [2.24, 2.45) is 25.0 Å². The lowest BCUT2D eigenvalue weighted by Gasteiger charge is -2.32. The maximum absolute atomic E-state index is 13.4. The van der Waals surface area contributed by atoms with Gasteiger partial charge in [-0.15, -0.1) is 0 Å². The van der Waals surface area contributed by atoms with Crippen molar-refractivity contribution in [3.63, 3.8) is 0 Å². The van der Waals surface area contributed by atoms with Gasteiger partial charge in [0.25, 0.3) is 5.56 Å². The van der Waals surface area contributed by atoms with Crippen molar-refractivity contribution in [1.82, 2.24) is 18.7 Å². The summed E-state index contributed by atoms with van der Waals surface area (Å²) < 4.78 is 15.5. The Balaban J connectivity index is 1.79. The molecule has 196 valence electrons. The Morgan fingerprint density at radius 3 is 2.43 bits per heavy atom. The standard InChI is InChI=1S/C26H30ClN5O5/c1-14-15(2)32(16(3)28-14)11-12-37-13-19-21(25(34)36-6)20(17-9-7-8-10-18(17)27)22-23(29-19)30(4)26(35)31(5)24(22)33/h7-10,20-21H,11-13H2,1-6H3. The van der Waals surface area contributed by atoms with Crippen molar-refractivity contribution in [3.8, 4) is 0 Å². The molecule has 1 aromatic carbocycles. The molecule has 0 saturated carbocycles. The number of carbonyl (C=O) groups excluding carboxylic acids is 1. The molecule has 10 nitrogen and oxygen atoms in total. The average molecular weight is 528 g/mol. The predicted molar refractivity (Wildman–Crippen MR) is 140 cm³/mol. The average Bonchev–Trinajstić information content (AvgIpc) is 3.13. The van der Waals surface area contributed by atoms with E-state index in [2.05, 4.69) is 14.5 Å². The molecule has 2 unspecified atom stereocenters. The fourth-order valence-electron chi connectivity index (χ4n) is 4.90. The number of ether oxygens (including phenoxy) is 2. The van der Waals surface area contributed by atoms with Gasteiger partial charge in [0.2, 0.25) is 0 Å². The summed E-state index contributed by atoms with van der Waals surface area (Å²) in [4.78, 5) is 48.4. The monoisotopic (exact) mass is 527 g/mol. The lowest BCUT2D eigenvalue weighted by Crippen LogP contribution is -2.45. The van der Waals surface area contributed by atoms with Gasteiger partial charge in [0.15, 0.2) is 0 Å². The van der Waals surface area contributed by atoms with E-state index < -0.39 is 29.1 Å². The maximum atomic E-state index is 13.4. The third-order valence-electron chi connectivity index (χ3n) is 6.97. The van der Waals surface area contributed by atoms with Gasteiger partial charge >= 0.3 is 11.7 Å². The van der Waals surface area contributed by atoms with Gasteiger partial charge in [-0.3, -0.25) is 18.7 Å². The number of hydrogen-bond acceptors (Lipinski definition) is 7. The number of aromatic nitrogens is 4. The Morgan fingerprint density at radius 2 is 1.81 bits per heavy atom. The number of methoxy groups -OCH3 is 1. The summed E-state index contributed by atoms with van der Waals surface area (Å²) in [6.07, 6.45) is 0. The van der Waals surface area contributed by atoms with Crippen molar-refractivity contribution < 1.29 is 14.3 Å². The second kappa shape index (κ2) is 10.5. The maximum Gasteiger partial charge on any atom is 0.332 e. The Hall–Kier alpha value is -3.50. The molecule has 2 aromatic heterocycles. The number of carbonyl (C=O) groups is 1. The van der Waals surface area contributed by atoms with E-state index in [-0.39, 0.29) is 18.0 Å². The van der Waals surface area contributed by atoms with Gasteiger partial charge < -0.3 is 14.0 Å². The molecule has 0 fully saturated rings. The third-order valence-corrected chi connectivity index (χ3v) is 7.32. The van der Waals surface area contributed by atoms with Crippen molar-refractivity contribution in [3.05, 3.63) is 78.5 Å². The highest BCUT2D eigenvalue weighted by Gasteiger charge is 2.43. The molecule has 0 saturated heterocycles. The van der Waals surface area contributed by atoms with E-state index in [9.17, 15) is 14.4 Å². The van der Waals surface area contributed by atoms with Crippen LogP contribution >= 0.6 is 11.6 Å². The molecule has 0 spiro atoms. The fraction of sp³-hybridized carbons (Fsp3) is 0.423. The van der Waals surface area contributed by atoms with Crippen LogP contribution in [0.3, 0.4) is 0 Å². The molecule has 4 rings (SSSR count). The van der Waals surface area contributed by atoms with Gasteiger partial charge in [0, 0.05) is 37.3 Å². The minimum Gasteiger partial charge on any atom is -0.468 e. The van der Waals surface area contributed by atoms with Crippen LogP contribution < -0.4 is 11.2 Å². The van der Waals surface area contributed by atoms with Crippen LogP contribution in [-0.2, 0) is 34.9 Å². The Kier molecular flexibility index (Phi) is 7.52. The molecular formula is C26H30ClN5O5. The van der Waals surface area contributed by atoms with Gasteiger partial charge in [-0.2, -0.15) is 0 Å². The smallest absolute Gasteiger partial charge is 0.332 e. The van der Waals surface area contributed by atoms with Crippen LogP contribution in [0.15, 0.2) is 38.8 Å². The summed E-state index contributed by atoms with van der Waals surface area (Å²) >= 11 is 6.57. The summed E-state index contributed by atoms with van der Waals surface area (Å²) in [7, 11) is 4.22. The third kappa shape index (κ3) is 4.67. The van der Waals surface area contributed by atoms with Gasteiger partial charge in [0.05, 0.1) is 37.3 Å². The van der Waals surface area contributed by atoms with Crippen LogP contribution in [0.5, 0.6) is 0 Å². The Bertz CT molecular complexity index is 1520. The molecule has 37 heavy (non-hydrogen) atoms. The summed E-state index contributed by atoms with van der Waals surface area (Å²) in [5.74, 6) is -1.31. The minimum absolute atomic E-state index is 0.00463. The topological polar surface area (TPSA) is 110 Å². The number of imidazole rings is 1. The molecule has 0 aliphatic carbocycles. The van der Waals surface area contributed by atoms with Gasteiger partial charge in [-0.05, 0) is 32.4 Å². The quantitative estimate of drug-likeness (QED) is 0.345. The summed E-state index contributed by atoms with van der Waals surface area (Å²) in [5.41, 5.74) is 2.07. The number of hydrogen-bond donors (Lipinski definition) is 0. The van der Waals surface area contributed by atoms with Gasteiger partial charge in [0.1, 0.15) is 17.6 Å². The molecule has 1 aliphatic rings. The molecule has 0 radical (unpaired) electrons.